The molecule has 1 N–H and O–H groups in total. The number of rotatable bonds is 6. The van der Waals surface area contributed by atoms with Gasteiger partial charge in [0.2, 0.25) is 0 Å². The van der Waals surface area contributed by atoms with Crippen molar-refractivity contribution in [1.82, 2.24) is 0 Å². The second kappa shape index (κ2) is 7.16. The fraction of sp³-hybridized carbons (Fsp3) is 0.500. The molecule has 0 radical (unpaired) electrons. The van der Waals surface area contributed by atoms with E-state index in [0.29, 0.717) is 5.56 Å². The van der Waals surface area contributed by atoms with E-state index in [0.717, 1.165) is 12.1 Å². The highest BCUT2D eigenvalue weighted by Gasteiger charge is 2.76. The summed E-state index contributed by atoms with van der Waals surface area (Å²) in [5.74, 6) is -10.6. The SMILES string of the molecule is CCOP(=O)(OCC)C1=Cc2cc(C)ccc2OC1(O)C(F)(F)C(F)(F)F. The van der Waals surface area contributed by atoms with E-state index in [2.05, 4.69) is 0 Å². The van der Waals surface area contributed by atoms with Crippen LogP contribution in [0.2, 0.25) is 0 Å². The zero-order valence-electron chi connectivity index (χ0n) is 14.6. The van der Waals surface area contributed by atoms with Gasteiger partial charge in [-0.25, -0.2) is 0 Å². The van der Waals surface area contributed by atoms with E-state index < -0.39 is 36.5 Å². The number of alkyl halides is 5. The number of fused-ring (bicyclic) bond motifs is 1. The summed E-state index contributed by atoms with van der Waals surface area (Å²) in [7, 11) is -4.75. The topological polar surface area (TPSA) is 65.0 Å². The maximum atomic E-state index is 14.3. The summed E-state index contributed by atoms with van der Waals surface area (Å²) < 4.78 is 95.1. The molecule has 5 nitrogen and oxygen atoms in total. The third-order valence-corrected chi connectivity index (χ3v) is 5.96. The van der Waals surface area contributed by atoms with Crippen molar-refractivity contribution in [3.8, 4) is 5.75 Å². The van der Waals surface area contributed by atoms with E-state index in [1.807, 2.05) is 0 Å². The molecule has 27 heavy (non-hydrogen) atoms. The Morgan fingerprint density at radius 1 is 1.15 bits per heavy atom. The summed E-state index contributed by atoms with van der Waals surface area (Å²) in [5.41, 5.74) is 0.677. The van der Waals surface area contributed by atoms with Crippen molar-refractivity contribution in [1.29, 1.82) is 0 Å². The summed E-state index contributed by atoms with van der Waals surface area (Å²) in [6, 6.07) is 3.93. The summed E-state index contributed by atoms with van der Waals surface area (Å²) in [6.45, 7) is 3.67. The molecule has 0 fully saturated rings. The number of ether oxygens (including phenoxy) is 1. The Hall–Kier alpha value is -1.48. The van der Waals surface area contributed by atoms with E-state index >= 15 is 0 Å². The quantitative estimate of drug-likeness (QED) is 0.529. The van der Waals surface area contributed by atoms with Gasteiger partial charge in [0.15, 0.2) is 0 Å². The molecule has 1 aromatic rings. The van der Waals surface area contributed by atoms with Gasteiger partial charge in [-0.3, -0.25) is 4.57 Å². The van der Waals surface area contributed by atoms with Crippen LogP contribution in [-0.2, 0) is 13.6 Å². The van der Waals surface area contributed by atoms with Crippen molar-refractivity contribution in [3.05, 3.63) is 34.6 Å². The van der Waals surface area contributed by atoms with Gasteiger partial charge in [-0.05, 0) is 39.0 Å². The standard InChI is InChI=1S/C16H18F5O5P/c1-4-24-27(23,25-5-2)13-9-11-8-10(3)6-7-12(11)26-14(13,22)15(17,18)16(19,20)21/h6-9,22H,4-5H2,1-3H3. The Labute approximate surface area is 152 Å². The van der Waals surface area contributed by atoms with Gasteiger partial charge in [0.05, 0.1) is 13.2 Å². The van der Waals surface area contributed by atoms with Gasteiger partial charge in [-0.15, -0.1) is 0 Å². The van der Waals surface area contributed by atoms with Crippen molar-refractivity contribution in [2.45, 2.75) is 38.7 Å². The summed E-state index contributed by atoms with van der Waals surface area (Å²) >= 11 is 0. The number of hydrogen-bond donors (Lipinski definition) is 1. The van der Waals surface area contributed by atoms with E-state index in [4.69, 9.17) is 13.8 Å². The minimum Gasteiger partial charge on any atom is -0.451 e. The highest BCUT2D eigenvalue weighted by Crippen LogP contribution is 2.65. The highest BCUT2D eigenvalue weighted by atomic mass is 31.2. The predicted molar refractivity (Wildman–Crippen MR) is 86.6 cm³/mol. The molecule has 2 rings (SSSR count). The molecular formula is C16H18F5O5P. The maximum absolute atomic E-state index is 14.3. The molecule has 0 amide bonds. The van der Waals surface area contributed by atoms with Crippen molar-refractivity contribution in [3.63, 3.8) is 0 Å². The molecule has 0 saturated carbocycles. The van der Waals surface area contributed by atoms with Gasteiger partial charge >= 0.3 is 25.5 Å². The lowest BCUT2D eigenvalue weighted by atomic mass is 10.0. The van der Waals surface area contributed by atoms with Gasteiger partial charge in [0.25, 0.3) is 0 Å². The molecule has 1 aliphatic rings. The first-order chi connectivity index (χ1) is 12.3. The molecule has 11 heteroatoms. The van der Waals surface area contributed by atoms with Gasteiger partial charge in [-0.2, -0.15) is 22.0 Å². The van der Waals surface area contributed by atoms with Crippen molar-refractivity contribution in [2.75, 3.05) is 13.2 Å². The number of aliphatic hydroxyl groups is 1. The molecule has 0 bridgehead atoms. The molecule has 0 aromatic heterocycles. The first-order valence-corrected chi connectivity index (χ1v) is 9.45. The van der Waals surface area contributed by atoms with Crippen LogP contribution in [0.1, 0.15) is 25.0 Å². The summed E-state index contributed by atoms with van der Waals surface area (Å²) in [4.78, 5) is 0. The first kappa shape index (κ1) is 21.8. The van der Waals surface area contributed by atoms with Crippen LogP contribution in [0, 0.1) is 6.92 Å². The lowest BCUT2D eigenvalue weighted by Gasteiger charge is -2.41. The van der Waals surface area contributed by atoms with Crippen LogP contribution < -0.4 is 4.74 Å². The molecule has 0 saturated heterocycles. The molecule has 1 unspecified atom stereocenters. The lowest BCUT2D eigenvalue weighted by molar-refractivity contribution is -0.371. The fourth-order valence-corrected chi connectivity index (χ4v) is 4.42. The molecule has 1 aromatic carbocycles. The van der Waals surface area contributed by atoms with Crippen LogP contribution >= 0.6 is 7.60 Å². The summed E-state index contributed by atoms with van der Waals surface area (Å²) in [6.07, 6.45) is -5.47. The van der Waals surface area contributed by atoms with Crippen molar-refractivity contribution >= 4 is 13.7 Å². The number of halogens is 5. The zero-order chi connectivity index (χ0) is 20.7. The molecule has 0 spiro atoms. The smallest absolute Gasteiger partial charge is 0.451 e. The predicted octanol–water partition coefficient (Wildman–Crippen LogP) is 4.88. The Kier molecular flexibility index (Phi) is 5.79. The first-order valence-electron chi connectivity index (χ1n) is 7.91. The largest absolute Gasteiger partial charge is 0.460 e. The Balaban J connectivity index is 2.79. The van der Waals surface area contributed by atoms with Crippen LogP contribution in [0.3, 0.4) is 0 Å². The van der Waals surface area contributed by atoms with Crippen LogP contribution in [0.15, 0.2) is 23.5 Å². The molecule has 1 atom stereocenters. The maximum Gasteiger partial charge on any atom is 0.460 e. The van der Waals surface area contributed by atoms with E-state index in [1.54, 1.807) is 6.92 Å². The third-order valence-electron chi connectivity index (χ3n) is 3.74. The molecule has 1 heterocycles. The Bertz CT molecular complexity index is 782. The number of benzene rings is 1. The van der Waals surface area contributed by atoms with Gasteiger partial charge < -0.3 is 18.9 Å². The molecule has 0 aliphatic carbocycles. The molecule has 152 valence electrons. The summed E-state index contributed by atoms with van der Waals surface area (Å²) in [5, 5.41) is 9.09. The van der Waals surface area contributed by atoms with Crippen LogP contribution in [-0.4, -0.2) is 36.2 Å². The van der Waals surface area contributed by atoms with Crippen LogP contribution in [0.25, 0.3) is 6.08 Å². The van der Waals surface area contributed by atoms with Crippen LogP contribution in [0.4, 0.5) is 22.0 Å². The normalized spacial score (nSPS) is 20.7. The molecule has 1 aliphatic heterocycles. The van der Waals surface area contributed by atoms with Gasteiger partial charge in [0, 0.05) is 5.56 Å². The lowest BCUT2D eigenvalue weighted by Crippen LogP contribution is -2.62. The monoisotopic (exact) mass is 416 g/mol. The third kappa shape index (κ3) is 3.63. The average Bonchev–Trinajstić information content (AvgIpc) is 2.54. The number of aryl methyl sites for hydroxylation is 1. The van der Waals surface area contributed by atoms with Crippen molar-refractivity contribution < 1.29 is 45.4 Å². The average molecular weight is 416 g/mol. The van der Waals surface area contributed by atoms with E-state index in [1.165, 1.54) is 26.0 Å². The second-order valence-electron chi connectivity index (χ2n) is 5.72. The Morgan fingerprint density at radius 2 is 1.70 bits per heavy atom. The van der Waals surface area contributed by atoms with Gasteiger partial charge in [-0.1, -0.05) is 11.6 Å². The van der Waals surface area contributed by atoms with E-state index in [-0.39, 0.29) is 18.8 Å². The second-order valence-corrected chi connectivity index (χ2v) is 7.72. The van der Waals surface area contributed by atoms with Crippen LogP contribution in [0.5, 0.6) is 5.75 Å². The fourth-order valence-electron chi connectivity index (χ4n) is 2.53. The van der Waals surface area contributed by atoms with E-state index in [9.17, 15) is 31.6 Å². The minimum absolute atomic E-state index is 0.0484. The van der Waals surface area contributed by atoms with Gasteiger partial charge in [0.1, 0.15) is 11.1 Å². The molecular weight excluding hydrogens is 398 g/mol. The highest BCUT2D eigenvalue weighted by molar-refractivity contribution is 7.58. The Morgan fingerprint density at radius 3 is 2.19 bits per heavy atom. The minimum atomic E-state index is -6.20. The number of hydrogen-bond acceptors (Lipinski definition) is 5. The zero-order valence-corrected chi connectivity index (χ0v) is 15.5. The van der Waals surface area contributed by atoms with Crippen molar-refractivity contribution in [2.24, 2.45) is 0 Å².